The topological polar surface area (TPSA) is 30.5 Å². The maximum Gasteiger partial charge on any atom is 0.122 e. The summed E-state index contributed by atoms with van der Waals surface area (Å²) in [6.07, 6.45) is 3.43. The number of unbranched alkanes of at least 4 members (excludes halogenated alkanes) is 1. The van der Waals surface area contributed by atoms with E-state index in [9.17, 15) is 0 Å². The predicted molar refractivity (Wildman–Crippen MR) is 70.9 cm³/mol. The molecule has 1 N–H and O–H groups in total. The van der Waals surface area contributed by atoms with E-state index in [-0.39, 0.29) is 0 Å². The van der Waals surface area contributed by atoms with E-state index in [0.29, 0.717) is 0 Å². The third kappa shape index (κ3) is 6.17. The molecule has 3 heteroatoms. The van der Waals surface area contributed by atoms with Crippen LogP contribution in [0.5, 0.6) is 11.5 Å². The van der Waals surface area contributed by atoms with E-state index in [4.69, 9.17) is 9.47 Å². The van der Waals surface area contributed by atoms with Crippen molar-refractivity contribution in [3.8, 4) is 11.5 Å². The van der Waals surface area contributed by atoms with E-state index in [2.05, 4.69) is 12.2 Å². The van der Waals surface area contributed by atoms with Crippen LogP contribution >= 0.6 is 0 Å². The average molecular weight is 237 g/mol. The Morgan fingerprint density at radius 2 is 1.94 bits per heavy atom. The van der Waals surface area contributed by atoms with Crippen LogP contribution in [0.25, 0.3) is 0 Å². The summed E-state index contributed by atoms with van der Waals surface area (Å²) in [6.45, 7) is 5.13. The van der Waals surface area contributed by atoms with Crippen LogP contribution in [0, 0.1) is 0 Å². The van der Waals surface area contributed by atoms with Gasteiger partial charge in [-0.1, -0.05) is 13.0 Å². The number of nitrogens with one attached hydrogen (secondary N) is 1. The van der Waals surface area contributed by atoms with Gasteiger partial charge in [0, 0.05) is 6.07 Å². The standard InChI is InChI=1S/C14H23NO2/c1-3-9-15-10-4-5-11-17-14-8-6-7-13(12-14)16-2/h6-8,12,15H,3-5,9-11H2,1-2H3. The molecule has 96 valence electrons. The Morgan fingerprint density at radius 1 is 1.12 bits per heavy atom. The summed E-state index contributed by atoms with van der Waals surface area (Å²) in [4.78, 5) is 0. The minimum atomic E-state index is 0.765. The molecule has 0 unspecified atom stereocenters. The van der Waals surface area contributed by atoms with E-state index >= 15 is 0 Å². The molecule has 0 spiro atoms. The van der Waals surface area contributed by atoms with Crippen LogP contribution in [0.2, 0.25) is 0 Å². The number of ether oxygens (including phenoxy) is 2. The zero-order chi connectivity index (χ0) is 12.3. The Kier molecular flexibility index (Phi) is 7.23. The van der Waals surface area contributed by atoms with Gasteiger partial charge in [0.2, 0.25) is 0 Å². The minimum Gasteiger partial charge on any atom is -0.497 e. The molecule has 0 saturated heterocycles. The smallest absolute Gasteiger partial charge is 0.122 e. The lowest BCUT2D eigenvalue weighted by molar-refractivity contribution is 0.303. The first-order valence-electron chi connectivity index (χ1n) is 6.34. The monoisotopic (exact) mass is 237 g/mol. The van der Waals surface area contributed by atoms with E-state index < -0.39 is 0 Å². The second-order valence-electron chi connectivity index (χ2n) is 3.98. The summed E-state index contributed by atoms with van der Waals surface area (Å²) in [5.74, 6) is 1.72. The molecule has 0 radical (unpaired) electrons. The van der Waals surface area contributed by atoms with Gasteiger partial charge in [-0.3, -0.25) is 0 Å². The number of hydrogen-bond donors (Lipinski definition) is 1. The van der Waals surface area contributed by atoms with Crippen LogP contribution in [0.1, 0.15) is 26.2 Å². The number of rotatable bonds is 9. The molecule has 0 heterocycles. The van der Waals surface area contributed by atoms with Gasteiger partial charge in [0.1, 0.15) is 11.5 Å². The van der Waals surface area contributed by atoms with Crippen molar-refractivity contribution >= 4 is 0 Å². The molecule has 0 atom stereocenters. The lowest BCUT2D eigenvalue weighted by Gasteiger charge is -2.07. The zero-order valence-corrected chi connectivity index (χ0v) is 10.9. The second-order valence-corrected chi connectivity index (χ2v) is 3.98. The molecule has 1 aromatic rings. The SMILES string of the molecule is CCCNCCCCOc1cccc(OC)c1. The quantitative estimate of drug-likeness (QED) is 0.670. The average Bonchev–Trinajstić information content (AvgIpc) is 2.38. The highest BCUT2D eigenvalue weighted by atomic mass is 16.5. The highest BCUT2D eigenvalue weighted by molar-refractivity contribution is 5.32. The van der Waals surface area contributed by atoms with E-state index in [1.54, 1.807) is 7.11 Å². The Bertz CT molecular complexity index is 302. The maximum atomic E-state index is 5.65. The Hall–Kier alpha value is -1.22. The fourth-order valence-electron chi connectivity index (χ4n) is 1.53. The van der Waals surface area contributed by atoms with Crippen molar-refractivity contribution in [1.29, 1.82) is 0 Å². The summed E-state index contributed by atoms with van der Waals surface area (Å²) in [6, 6.07) is 7.73. The van der Waals surface area contributed by atoms with Crippen LogP contribution in [0.15, 0.2) is 24.3 Å². The first kappa shape index (κ1) is 13.8. The van der Waals surface area contributed by atoms with Crippen LogP contribution in [-0.4, -0.2) is 26.8 Å². The first-order valence-corrected chi connectivity index (χ1v) is 6.34. The van der Waals surface area contributed by atoms with Crippen LogP contribution in [-0.2, 0) is 0 Å². The molecular formula is C14H23NO2. The van der Waals surface area contributed by atoms with Crippen molar-refractivity contribution in [2.75, 3.05) is 26.8 Å². The summed E-state index contributed by atoms with van der Waals surface area (Å²) in [5.41, 5.74) is 0. The lowest BCUT2D eigenvalue weighted by Crippen LogP contribution is -2.16. The van der Waals surface area contributed by atoms with Crippen molar-refractivity contribution in [2.24, 2.45) is 0 Å². The van der Waals surface area contributed by atoms with Gasteiger partial charge in [-0.15, -0.1) is 0 Å². The van der Waals surface area contributed by atoms with Gasteiger partial charge in [-0.2, -0.15) is 0 Å². The molecule has 0 aliphatic heterocycles. The third-order valence-electron chi connectivity index (χ3n) is 2.48. The largest absolute Gasteiger partial charge is 0.497 e. The van der Waals surface area contributed by atoms with Gasteiger partial charge in [-0.05, 0) is 44.5 Å². The van der Waals surface area contributed by atoms with Gasteiger partial charge >= 0.3 is 0 Å². The second kappa shape index (κ2) is 8.88. The number of methoxy groups -OCH3 is 1. The van der Waals surface area contributed by atoms with Crippen molar-refractivity contribution in [3.63, 3.8) is 0 Å². The molecule has 0 aliphatic carbocycles. The molecule has 0 aromatic heterocycles. The number of hydrogen-bond acceptors (Lipinski definition) is 3. The van der Waals surface area contributed by atoms with Crippen LogP contribution in [0.4, 0.5) is 0 Å². The van der Waals surface area contributed by atoms with Crippen LogP contribution in [0.3, 0.4) is 0 Å². The fraction of sp³-hybridized carbons (Fsp3) is 0.571. The van der Waals surface area contributed by atoms with E-state index in [1.165, 1.54) is 6.42 Å². The van der Waals surface area contributed by atoms with E-state index in [1.807, 2.05) is 24.3 Å². The molecule has 0 bridgehead atoms. The lowest BCUT2D eigenvalue weighted by atomic mass is 10.3. The maximum absolute atomic E-state index is 5.65. The van der Waals surface area contributed by atoms with Gasteiger partial charge in [0.15, 0.2) is 0 Å². The summed E-state index contributed by atoms with van der Waals surface area (Å²) >= 11 is 0. The highest BCUT2D eigenvalue weighted by Gasteiger charge is 1.96. The molecule has 0 fully saturated rings. The van der Waals surface area contributed by atoms with E-state index in [0.717, 1.165) is 44.0 Å². The van der Waals surface area contributed by atoms with Gasteiger partial charge in [0.25, 0.3) is 0 Å². The molecule has 0 aliphatic rings. The van der Waals surface area contributed by atoms with Crippen molar-refractivity contribution in [1.82, 2.24) is 5.32 Å². The van der Waals surface area contributed by atoms with Crippen molar-refractivity contribution in [3.05, 3.63) is 24.3 Å². The zero-order valence-electron chi connectivity index (χ0n) is 10.9. The molecule has 1 aromatic carbocycles. The normalized spacial score (nSPS) is 10.2. The molecular weight excluding hydrogens is 214 g/mol. The Labute approximate surface area is 104 Å². The van der Waals surface area contributed by atoms with Gasteiger partial charge in [0.05, 0.1) is 13.7 Å². The first-order chi connectivity index (χ1) is 8.36. The molecule has 1 rings (SSSR count). The Morgan fingerprint density at radius 3 is 2.71 bits per heavy atom. The predicted octanol–water partition coefficient (Wildman–Crippen LogP) is 2.85. The van der Waals surface area contributed by atoms with Crippen molar-refractivity contribution in [2.45, 2.75) is 26.2 Å². The van der Waals surface area contributed by atoms with Crippen LogP contribution < -0.4 is 14.8 Å². The Balaban J connectivity index is 2.09. The molecule has 3 nitrogen and oxygen atoms in total. The molecule has 0 saturated carbocycles. The fourth-order valence-corrected chi connectivity index (χ4v) is 1.53. The molecule has 17 heavy (non-hydrogen) atoms. The summed E-state index contributed by atoms with van der Waals surface area (Å²) < 4.78 is 10.8. The highest BCUT2D eigenvalue weighted by Crippen LogP contribution is 2.18. The minimum absolute atomic E-state index is 0.765. The summed E-state index contributed by atoms with van der Waals surface area (Å²) in [5, 5.41) is 3.38. The third-order valence-corrected chi connectivity index (χ3v) is 2.48. The number of benzene rings is 1. The van der Waals surface area contributed by atoms with Gasteiger partial charge in [-0.25, -0.2) is 0 Å². The van der Waals surface area contributed by atoms with Gasteiger partial charge < -0.3 is 14.8 Å². The molecule has 0 amide bonds. The van der Waals surface area contributed by atoms with Crippen molar-refractivity contribution < 1.29 is 9.47 Å². The summed E-state index contributed by atoms with van der Waals surface area (Å²) in [7, 11) is 1.67.